The molecule has 0 aromatic heterocycles. The number of hydrogen-bond acceptors (Lipinski definition) is 1. The molecule has 98 valence electrons. The lowest BCUT2D eigenvalue weighted by atomic mass is 10.2. The van der Waals surface area contributed by atoms with Gasteiger partial charge in [-0.15, -0.1) is 0 Å². The Balaban J connectivity index is 1.98. The summed E-state index contributed by atoms with van der Waals surface area (Å²) in [6.45, 7) is 0.273. The van der Waals surface area contributed by atoms with Crippen LogP contribution in [0.1, 0.15) is 5.56 Å². The number of benzene rings is 2. The molecule has 2 aromatic carbocycles. The van der Waals surface area contributed by atoms with Crippen LogP contribution in [0, 0.1) is 17.5 Å². The first-order valence-corrected chi connectivity index (χ1v) is 5.77. The Morgan fingerprint density at radius 1 is 1.00 bits per heavy atom. The van der Waals surface area contributed by atoms with E-state index in [0.29, 0.717) is 6.07 Å². The van der Waals surface area contributed by atoms with E-state index in [4.69, 9.17) is 0 Å². The largest absolute Gasteiger partial charge is 0.379 e. The van der Waals surface area contributed by atoms with Crippen molar-refractivity contribution in [3.63, 3.8) is 0 Å². The van der Waals surface area contributed by atoms with Gasteiger partial charge in [0.2, 0.25) is 0 Å². The summed E-state index contributed by atoms with van der Waals surface area (Å²) in [6, 6.07) is 11.0. The fourth-order valence-corrected chi connectivity index (χ4v) is 1.61. The lowest BCUT2D eigenvalue weighted by molar-refractivity contribution is 0.497. The molecule has 4 heteroatoms. The first kappa shape index (κ1) is 13.2. The molecule has 0 aliphatic carbocycles. The van der Waals surface area contributed by atoms with Crippen molar-refractivity contribution in [3.8, 4) is 0 Å². The minimum absolute atomic E-state index is 0.185. The van der Waals surface area contributed by atoms with Gasteiger partial charge < -0.3 is 5.32 Å². The highest BCUT2D eigenvalue weighted by molar-refractivity contribution is 5.51. The van der Waals surface area contributed by atoms with Crippen molar-refractivity contribution in [2.45, 2.75) is 0 Å². The molecule has 0 aliphatic heterocycles. The van der Waals surface area contributed by atoms with E-state index in [9.17, 15) is 13.2 Å². The van der Waals surface area contributed by atoms with Crippen LogP contribution < -0.4 is 5.32 Å². The summed E-state index contributed by atoms with van der Waals surface area (Å²) in [4.78, 5) is 0. The molecule has 0 saturated heterocycles. The highest BCUT2D eigenvalue weighted by Crippen LogP contribution is 2.18. The third-order valence-corrected chi connectivity index (χ3v) is 2.51. The summed E-state index contributed by atoms with van der Waals surface area (Å²) in [5, 5.41) is 2.62. The standard InChI is InChI=1S/C15H12F3N/c16-12-9-13(17)15(18)14(10-12)19-8-4-7-11-5-2-1-3-6-11/h1-7,9-10,19H,8H2. The molecular weight excluding hydrogens is 251 g/mol. The van der Waals surface area contributed by atoms with Gasteiger partial charge in [0.1, 0.15) is 5.82 Å². The number of hydrogen-bond donors (Lipinski definition) is 1. The zero-order chi connectivity index (χ0) is 13.7. The third-order valence-electron chi connectivity index (χ3n) is 2.51. The SMILES string of the molecule is Fc1cc(F)c(F)c(NCC=Cc2ccccc2)c1. The highest BCUT2D eigenvalue weighted by atomic mass is 19.2. The van der Waals surface area contributed by atoms with E-state index in [2.05, 4.69) is 5.32 Å². The summed E-state index contributed by atoms with van der Waals surface area (Å²) in [6.07, 6.45) is 3.58. The summed E-state index contributed by atoms with van der Waals surface area (Å²) < 4.78 is 39.2. The van der Waals surface area contributed by atoms with Crippen molar-refractivity contribution in [3.05, 3.63) is 71.6 Å². The van der Waals surface area contributed by atoms with Crippen LogP contribution in [0.4, 0.5) is 18.9 Å². The Labute approximate surface area is 109 Å². The van der Waals surface area contributed by atoms with Gasteiger partial charge >= 0.3 is 0 Å². The zero-order valence-corrected chi connectivity index (χ0v) is 10.0. The van der Waals surface area contributed by atoms with Crippen LogP contribution in [0.15, 0.2) is 48.5 Å². The fraction of sp³-hybridized carbons (Fsp3) is 0.0667. The van der Waals surface area contributed by atoms with E-state index in [-0.39, 0.29) is 12.2 Å². The molecule has 0 amide bonds. The van der Waals surface area contributed by atoms with E-state index in [1.807, 2.05) is 36.4 Å². The first-order chi connectivity index (χ1) is 9.16. The minimum Gasteiger partial charge on any atom is -0.379 e. The van der Waals surface area contributed by atoms with Gasteiger partial charge in [-0.05, 0) is 5.56 Å². The predicted molar refractivity (Wildman–Crippen MR) is 70.3 cm³/mol. The van der Waals surface area contributed by atoms with Crippen molar-refractivity contribution in [2.75, 3.05) is 11.9 Å². The van der Waals surface area contributed by atoms with Crippen molar-refractivity contribution >= 4 is 11.8 Å². The molecule has 2 aromatic rings. The number of anilines is 1. The summed E-state index contributed by atoms with van der Waals surface area (Å²) >= 11 is 0. The van der Waals surface area contributed by atoms with Crippen LogP contribution in [-0.2, 0) is 0 Å². The molecule has 0 fully saturated rings. The molecule has 0 bridgehead atoms. The fourth-order valence-electron chi connectivity index (χ4n) is 1.61. The molecule has 0 saturated carbocycles. The summed E-state index contributed by atoms with van der Waals surface area (Å²) in [5.74, 6) is -3.09. The van der Waals surface area contributed by atoms with E-state index in [1.165, 1.54) is 0 Å². The Kier molecular flexibility index (Phi) is 4.23. The zero-order valence-electron chi connectivity index (χ0n) is 10.0. The Hall–Kier alpha value is -2.23. The molecule has 1 N–H and O–H groups in total. The van der Waals surface area contributed by atoms with Gasteiger partial charge in [-0.1, -0.05) is 42.5 Å². The second-order valence-electron chi connectivity index (χ2n) is 3.94. The average Bonchev–Trinajstić information content (AvgIpc) is 2.41. The predicted octanol–water partition coefficient (Wildman–Crippen LogP) is 4.23. The second kappa shape index (κ2) is 6.09. The number of rotatable bonds is 4. The maximum Gasteiger partial charge on any atom is 0.182 e. The molecule has 0 spiro atoms. The van der Waals surface area contributed by atoms with E-state index in [1.54, 1.807) is 6.08 Å². The molecule has 0 radical (unpaired) electrons. The second-order valence-corrected chi connectivity index (χ2v) is 3.94. The van der Waals surface area contributed by atoms with Gasteiger partial charge in [0, 0.05) is 18.7 Å². The smallest absolute Gasteiger partial charge is 0.182 e. The Morgan fingerprint density at radius 3 is 2.47 bits per heavy atom. The highest BCUT2D eigenvalue weighted by Gasteiger charge is 2.09. The van der Waals surface area contributed by atoms with Gasteiger partial charge in [0.05, 0.1) is 5.69 Å². The topological polar surface area (TPSA) is 12.0 Å². The molecular formula is C15H12F3N. The Morgan fingerprint density at radius 2 is 1.74 bits per heavy atom. The average molecular weight is 263 g/mol. The third kappa shape index (κ3) is 3.61. The number of nitrogens with one attached hydrogen (secondary N) is 1. The molecule has 0 aliphatic rings. The van der Waals surface area contributed by atoms with E-state index in [0.717, 1.165) is 11.6 Å². The normalized spacial score (nSPS) is 10.9. The molecule has 0 atom stereocenters. The quantitative estimate of drug-likeness (QED) is 0.814. The maximum atomic E-state index is 13.3. The van der Waals surface area contributed by atoms with Gasteiger partial charge in [0.25, 0.3) is 0 Å². The minimum atomic E-state index is -1.20. The first-order valence-electron chi connectivity index (χ1n) is 5.77. The maximum absolute atomic E-state index is 13.3. The lowest BCUT2D eigenvalue weighted by Gasteiger charge is -2.05. The molecule has 1 nitrogen and oxygen atoms in total. The molecule has 0 heterocycles. The van der Waals surface area contributed by atoms with Crippen LogP contribution >= 0.6 is 0 Å². The van der Waals surface area contributed by atoms with Crippen molar-refractivity contribution < 1.29 is 13.2 Å². The Bertz CT molecular complexity index is 579. The van der Waals surface area contributed by atoms with E-state index >= 15 is 0 Å². The lowest BCUT2D eigenvalue weighted by Crippen LogP contribution is -2.03. The van der Waals surface area contributed by atoms with Crippen molar-refractivity contribution in [1.29, 1.82) is 0 Å². The van der Waals surface area contributed by atoms with Crippen LogP contribution in [0.5, 0.6) is 0 Å². The molecule has 19 heavy (non-hydrogen) atoms. The molecule has 0 unspecified atom stereocenters. The summed E-state index contributed by atoms with van der Waals surface area (Å²) in [5.41, 5.74) is 0.811. The van der Waals surface area contributed by atoms with Crippen LogP contribution in [-0.4, -0.2) is 6.54 Å². The van der Waals surface area contributed by atoms with Gasteiger partial charge in [-0.2, -0.15) is 0 Å². The number of halogens is 3. The van der Waals surface area contributed by atoms with Crippen LogP contribution in [0.3, 0.4) is 0 Å². The monoisotopic (exact) mass is 263 g/mol. The van der Waals surface area contributed by atoms with Gasteiger partial charge in [0.15, 0.2) is 11.6 Å². The van der Waals surface area contributed by atoms with E-state index < -0.39 is 17.5 Å². The van der Waals surface area contributed by atoms with Crippen molar-refractivity contribution in [1.82, 2.24) is 0 Å². The summed E-state index contributed by atoms with van der Waals surface area (Å²) in [7, 11) is 0. The van der Waals surface area contributed by atoms with Gasteiger partial charge in [-0.3, -0.25) is 0 Å². The van der Waals surface area contributed by atoms with Gasteiger partial charge in [-0.25, -0.2) is 13.2 Å². The molecule has 2 rings (SSSR count). The van der Waals surface area contributed by atoms with Crippen LogP contribution in [0.2, 0.25) is 0 Å². The van der Waals surface area contributed by atoms with Crippen LogP contribution in [0.25, 0.3) is 6.08 Å². The van der Waals surface area contributed by atoms with Crippen molar-refractivity contribution in [2.24, 2.45) is 0 Å².